The van der Waals surface area contributed by atoms with Gasteiger partial charge in [0.05, 0.1) is 14.2 Å². The van der Waals surface area contributed by atoms with Gasteiger partial charge in [-0.1, -0.05) is 31.2 Å². The third-order valence-electron chi connectivity index (χ3n) is 4.18. The molecule has 0 aliphatic heterocycles. The molecule has 1 saturated carbocycles. The van der Waals surface area contributed by atoms with Crippen LogP contribution in [-0.4, -0.2) is 14.2 Å². The quantitative estimate of drug-likeness (QED) is 0.386. The summed E-state index contributed by atoms with van der Waals surface area (Å²) in [5.41, 5.74) is 2.43. The van der Waals surface area contributed by atoms with Gasteiger partial charge in [0, 0.05) is 28.9 Å². The Morgan fingerprint density at radius 1 is 0.667 bits per heavy atom. The molecule has 0 spiro atoms. The fourth-order valence-corrected chi connectivity index (χ4v) is 2.84. The molecule has 1 aliphatic rings. The van der Waals surface area contributed by atoms with Crippen molar-refractivity contribution in [1.82, 2.24) is 0 Å². The molecule has 0 saturated heterocycles. The molecule has 2 aromatic carbocycles. The van der Waals surface area contributed by atoms with Crippen LogP contribution in [0.5, 0.6) is 11.5 Å². The van der Waals surface area contributed by atoms with Gasteiger partial charge in [0.15, 0.2) is 0 Å². The Bertz CT molecular complexity index is 736. The first-order valence-corrected chi connectivity index (χ1v) is 8.45. The van der Waals surface area contributed by atoms with Gasteiger partial charge >= 0.3 is 33.9 Å². The van der Waals surface area contributed by atoms with E-state index in [2.05, 4.69) is 64.0 Å². The largest absolute Gasteiger partial charge is 0 e. The van der Waals surface area contributed by atoms with Crippen molar-refractivity contribution in [3.05, 3.63) is 110 Å². The molecule has 1 aliphatic carbocycles. The number of ether oxygens (including phenoxy) is 2. The molecule has 154 valence electrons. The Balaban J connectivity index is 0. The Morgan fingerprint density at radius 3 is 1.43 bits per heavy atom. The van der Waals surface area contributed by atoms with Gasteiger partial charge in [-0.05, 0) is 60.6 Å². The Labute approximate surface area is 189 Å². The van der Waals surface area contributed by atoms with Crippen LogP contribution in [0.3, 0.4) is 0 Å². The van der Waals surface area contributed by atoms with Gasteiger partial charge in [0.1, 0.15) is 11.5 Å². The standard InChI is InChI=1S/C21H21O2.3CO.Mn/c1-4-15-13-18(16-5-9-19(22-2)10-6-16)14-21(15)17-7-11-20(23-3)12-8-17;3*1-2;/h5-14H,4H2,1-3H3;;;;. The summed E-state index contributed by atoms with van der Waals surface area (Å²) in [6, 6.07) is 16.5. The topological polar surface area (TPSA) is 78.2 Å². The third kappa shape index (κ3) is 8.26. The van der Waals surface area contributed by atoms with Crippen LogP contribution in [0.4, 0.5) is 0 Å². The van der Waals surface area contributed by atoms with Crippen LogP contribution in [0.15, 0.2) is 48.5 Å². The molecule has 1 fully saturated rings. The van der Waals surface area contributed by atoms with Gasteiger partial charge in [-0.25, -0.2) is 0 Å². The summed E-state index contributed by atoms with van der Waals surface area (Å²) in [7, 11) is 3.38. The van der Waals surface area contributed by atoms with Crippen molar-refractivity contribution in [1.29, 1.82) is 0 Å². The van der Waals surface area contributed by atoms with Gasteiger partial charge in [0.2, 0.25) is 0 Å². The summed E-state index contributed by atoms with van der Waals surface area (Å²) < 4.78 is 33.0. The van der Waals surface area contributed by atoms with Crippen molar-refractivity contribution < 1.29 is 40.5 Å². The molecular weight excluding hydrogens is 423 g/mol. The smallest absolute Gasteiger partial charge is 0 e. The Kier molecular flexibility index (Phi) is 17.6. The zero-order valence-electron chi connectivity index (χ0n) is 16.9. The molecule has 2 aromatic rings. The molecule has 0 amide bonds. The van der Waals surface area contributed by atoms with Gasteiger partial charge in [-0.3, -0.25) is 0 Å². The molecular formula is C24H21MnO5. The van der Waals surface area contributed by atoms with Crippen molar-refractivity contribution in [2.75, 3.05) is 14.2 Å². The molecule has 0 aromatic heterocycles. The fourth-order valence-electron chi connectivity index (χ4n) is 2.84. The van der Waals surface area contributed by atoms with Crippen LogP contribution < -0.4 is 9.47 Å². The van der Waals surface area contributed by atoms with E-state index < -0.39 is 0 Å². The SMILES string of the molecule is CC[C]1[CH][C](c2ccc(OC)cc2)[CH][C]1c1ccc(OC)cc1.[C-]#[O+].[C-]#[O+].[C-]#[O+].[Mn]. The van der Waals surface area contributed by atoms with Crippen molar-refractivity contribution in [2.24, 2.45) is 0 Å². The van der Waals surface area contributed by atoms with Gasteiger partial charge in [-0.15, -0.1) is 0 Å². The number of hydrogen-bond donors (Lipinski definition) is 0. The molecule has 6 heteroatoms. The third-order valence-corrected chi connectivity index (χ3v) is 4.18. The zero-order valence-corrected chi connectivity index (χ0v) is 18.1. The maximum atomic E-state index is 7.50. The zero-order chi connectivity index (χ0) is 22.2. The second-order valence-corrected chi connectivity index (χ2v) is 5.49. The first-order chi connectivity index (χ1) is 14.2. The number of rotatable bonds is 5. The van der Waals surface area contributed by atoms with Gasteiger partial charge < -0.3 is 9.47 Å². The minimum atomic E-state index is 0. The monoisotopic (exact) mass is 444 g/mol. The first kappa shape index (κ1) is 30.0. The summed E-state index contributed by atoms with van der Waals surface area (Å²) in [6.07, 6.45) is 5.56. The van der Waals surface area contributed by atoms with Crippen LogP contribution in [0.1, 0.15) is 24.5 Å². The van der Waals surface area contributed by atoms with E-state index in [4.69, 9.17) is 23.4 Å². The number of benzene rings is 2. The average molecular weight is 444 g/mol. The molecule has 0 heterocycles. The molecule has 0 unspecified atom stereocenters. The minimum Gasteiger partial charge on any atom is 0 e. The average Bonchev–Trinajstić information content (AvgIpc) is 3.27. The summed E-state index contributed by atoms with van der Waals surface area (Å²) in [5, 5.41) is 0. The van der Waals surface area contributed by atoms with Crippen molar-refractivity contribution >= 4 is 0 Å². The van der Waals surface area contributed by atoms with Gasteiger partial charge in [0.25, 0.3) is 0 Å². The second-order valence-electron chi connectivity index (χ2n) is 5.49. The maximum Gasteiger partial charge on any atom is 0 e. The van der Waals surface area contributed by atoms with E-state index in [0.29, 0.717) is 0 Å². The van der Waals surface area contributed by atoms with Crippen LogP contribution in [0, 0.1) is 50.5 Å². The van der Waals surface area contributed by atoms with Crippen LogP contribution in [-0.2, 0) is 31.0 Å². The van der Waals surface area contributed by atoms with E-state index in [0.717, 1.165) is 17.9 Å². The molecule has 5 nitrogen and oxygen atoms in total. The molecule has 3 rings (SSSR count). The van der Waals surface area contributed by atoms with E-state index in [1.807, 2.05) is 24.3 Å². The predicted octanol–water partition coefficient (Wildman–Crippen LogP) is 4.54. The second kappa shape index (κ2) is 17.6. The van der Waals surface area contributed by atoms with Crippen LogP contribution in [0.25, 0.3) is 0 Å². The molecule has 30 heavy (non-hydrogen) atoms. The fraction of sp³-hybridized carbons (Fsp3) is 0.167. The first-order valence-electron chi connectivity index (χ1n) is 8.45. The molecule has 0 atom stereocenters. The normalized spacial score (nSPS) is 13.0. The number of hydrogen-bond acceptors (Lipinski definition) is 2. The van der Waals surface area contributed by atoms with Crippen molar-refractivity contribution in [2.45, 2.75) is 13.3 Å². The summed E-state index contributed by atoms with van der Waals surface area (Å²) in [4.78, 5) is 0. The van der Waals surface area contributed by atoms with Crippen LogP contribution in [0.2, 0.25) is 0 Å². The van der Waals surface area contributed by atoms with E-state index in [-0.39, 0.29) is 17.1 Å². The van der Waals surface area contributed by atoms with Crippen molar-refractivity contribution in [3.8, 4) is 11.5 Å². The molecule has 0 bridgehead atoms. The van der Waals surface area contributed by atoms with Crippen molar-refractivity contribution in [3.63, 3.8) is 0 Å². The van der Waals surface area contributed by atoms with E-state index in [9.17, 15) is 0 Å². The summed E-state index contributed by atoms with van der Waals surface area (Å²) in [6.45, 7) is 15.7. The molecule has 0 N–H and O–H groups in total. The minimum absolute atomic E-state index is 0. The van der Waals surface area contributed by atoms with Crippen LogP contribution >= 0.6 is 0 Å². The van der Waals surface area contributed by atoms with Gasteiger partial charge in [-0.2, -0.15) is 0 Å². The Hall–Kier alpha value is -2.22. The van der Waals surface area contributed by atoms with E-state index in [1.165, 1.54) is 28.9 Å². The Morgan fingerprint density at radius 2 is 1.07 bits per heavy atom. The molecule has 6 radical (unpaired) electrons. The van der Waals surface area contributed by atoms with E-state index >= 15 is 0 Å². The summed E-state index contributed by atoms with van der Waals surface area (Å²) >= 11 is 0. The maximum absolute atomic E-state index is 7.50. The van der Waals surface area contributed by atoms with E-state index in [1.54, 1.807) is 14.2 Å². The predicted molar refractivity (Wildman–Crippen MR) is 105 cm³/mol. The summed E-state index contributed by atoms with van der Waals surface area (Å²) in [5.74, 6) is 5.66. The number of methoxy groups -OCH3 is 2.